The first-order valence-corrected chi connectivity index (χ1v) is 11.5. The molecule has 0 radical (unpaired) electrons. The fourth-order valence-corrected chi connectivity index (χ4v) is 4.73. The van der Waals surface area contributed by atoms with Crippen LogP contribution in [0.3, 0.4) is 0 Å². The van der Waals surface area contributed by atoms with Gasteiger partial charge >= 0.3 is 0 Å². The Morgan fingerprint density at radius 1 is 0.939 bits per heavy atom. The van der Waals surface area contributed by atoms with Crippen molar-refractivity contribution in [1.82, 2.24) is 19.6 Å². The highest BCUT2D eigenvalue weighted by Gasteiger charge is 2.35. The molecule has 2 bridgehead atoms. The normalized spacial score (nSPS) is 19.6. The van der Waals surface area contributed by atoms with Crippen molar-refractivity contribution in [2.45, 2.75) is 25.0 Å². The summed E-state index contributed by atoms with van der Waals surface area (Å²) in [5.74, 6) is 1.66. The van der Waals surface area contributed by atoms with Crippen LogP contribution in [0.25, 0.3) is 16.9 Å². The Kier molecular flexibility index (Phi) is 5.12. The van der Waals surface area contributed by atoms with Crippen molar-refractivity contribution in [3.63, 3.8) is 0 Å². The quantitative estimate of drug-likeness (QED) is 0.446. The number of nitrogens with zero attached hydrogens (tertiary/aromatic N) is 5. The molecule has 2 fully saturated rings. The number of nitrogens with one attached hydrogen (secondary N) is 2. The first-order chi connectivity index (χ1) is 16.2. The van der Waals surface area contributed by atoms with Crippen LogP contribution in [-0.4, -0.2) is 50.0 Å². The van der Waals surface area contributed by atoms with E-state index >= 15 is 0 Å². The van der Waals surface area contributed by atoms with E-state index in [9.17, 15) is 0 Å². The summed E-state index contributed by atoms with van der Waals surface area (Å²) >= 11 is 5.41. The van der Waals surface area contributed by atoms with Gasteiger partial charge in [0.05, 0.1) is 12.2 Å². The molecule has 8 nitrogen and oxygen atoms in total. The summed E-state index contributed by atoms with van der Waals surface area (Å²) in [6.07, 6.45) is 8.26. The molecule has 1 aromatic carbocycles. The SMILES string of the molecule is S=C(Nc1ccncc1)Nc1ccc(-c2nc(N3C[C@H]4CC[C@H](C3)O4)c3cccn3n2)cc1. The van der Waals surface area contributed by atoms with Gasteiger partial charge in [-0.15, -0.1) is 5.10 Å². The van der Waals surface area contributed by atoms with E-state index in [1.165, 1.54) is 0 Å². The third-order valence-corrected chi connectivity index (χ3v) is 6.26. The van der Waals surface area contributed by atoms with Gasteiger partial charge in [0.1, 0.15) is 5.52 Å². The largest absolute Gasteiger partial charge is 0.371 e. The number of hydrogen-bond donors (Lipinski definition) is 2. The van der Waals surface area contributed by atoms with E-state index in [0.717, 1.165) is 54.2 Å². The number of hydrogen-bond acceptors (Lipinski definition) is 6. The number of ether oxygens (including phenoxy) is 1. The number of thiocarbonyl (C=S) groups is 1. The minimum absolute atomic E-state index is 0.298. The van der Waals surface area contributed by atoms with E-state index in [-0.39, 0.29) is 0 Å². The fraction of sp³-hybridized carbons (Fsp3) is 0.250. The van der Waals surface area contributed by atoms with Crippen molar-refractivity contribution < 1.29 is 4.74 Å². The summed E-state index contributed by atoms with van der Waals surface area (Å²) in [7, 11) is 0. The van der Waals surface area contributed by atoms with Crippen LogP contribution in [0.15, 0.2) is 67.1 Å². The van der Waals surface area contributed by atoms with Crippen LogP contribution in [0.2, 0.25) is 0 Å². The molecule has 0 spiro atoms. The molecule has 0 amide bonds. The van der Waals surface area contributed by atoms with Crippen LogP contribution >= 0.6 is 12.2 Å². The number of morpholine rings is 1. The second-order valence-corrected chi connectivity index (χ2v) is 8.76. The van der Waals surface area contributed by atoms with Gasteiger partial charge in [-0.3, -0.25) is 4.98 Å². The van der Waals surface area contributed by atoms with Crippen molar-refractivity contribution in [2.75, 3.05) is 28.6 Å². The average Bonchev–Trinajstić information content (AvgIpc) is 3.45. The van der Waals surface area contributed by atoms with E-state index in [0.29, 0.717) is 23.1 Å². The number of anilines is 3. The Morgan fingerprint density at radius 2 is 1.64 bits per heavy atom. The highest BCUT2D eigenvalue weighted by Crippen LogP contribution is 2.32. The second-order valence-electron chi connectivity index (χ2n) is 8.35. The van der Waals surface area contributed by atoms with Crippen LogP contribution in [0, 0.1) is 0 Å². The van der Waals surface area contributed by atoms with Gasteiger partial charge in [-0.05, 0) is 73.6 Å². The van der Waals surface area contributed by atoms with Crippen LogP contribution in [-0.2, 0) is 4.74 Å². The predicted molar refractivity (Wildman–Crippen MR) is 133 cm³/mol. The molecule has 9 heteroatoms. The maximum atomic E-state index is 6.02. The predicted octanol–water partition coefficient (Wildman–Crippen LogP) is 3.97. The van der Waals surface area contributed by atoms with Gasteiger partial charge in [0.15, 0.2) is 16.8 Å². The summed E-state index contributed by atoms with van der Waals surface area (Å²) in [6, 6.07) is 15.8. The standard InChI is InChI=1S/C24H23N7OS/c33-24(27-18-9-11-25-12-10-18)26-17-5-3-16(4-6-17)22-28-23(21-2-1-13-31(21)29-22)30-14-19-7-8-20(15-30)32-19/h1-6,9-13,19-20H,7-8,14-15H2,(H2,25,26,27,33)/t19-,20-/m1/s1. The topological polar surface area (TPSA) is 79.6 Å². The zero-order valence-corrected chi connectivity index (χ0v) is 18.7. The monoisotopic (exact) mass is 457 g/mol. The lowest BCUT2D eigenvalue weighted by Gasteiger charge is -2.33. The van der Waals surface area contributed by atoms with Gasteiger partial charge in [-0.2, -0.15) is 0 Å². The molecule has 166 valence electrons. The number of aromatic nitrogens is 4. The molecule has 0 saturated carbocycles. The summed E-state index contributed by atoms with van der Waals surface area (Å²) in [4.78, 5) is 11.3. The Bertz CT molecular complexity index is 1280. The number of benzene rings is 1. The molecule has 6 rings (SSSR count). The van der Waals surface area contributed by atoms with Gasteiger partial charge in [-0.25, -0.2) is 9.50 Å². The van der Waals surface area contributed by atoms with Crippen molar-refractivity contribution in [1.29, 1.82) is 0 Å². The van der Waals surface area contributed by atoms with Gasteiger partial charge in [0, 0.05) is 48.6 Å². The first-order valence-electron chi connectivity index (χ1n) is 11.1. The maximum Gasteiger partial charge on any atom is 0.182 e. The molecular formula is C24H23N7OS. The van der Waals surface area contributed by atoms with Crippen molar-refractivity contribution in [2.24, 2.45) is 0 Å². The zero-order valence-electron chi connectivity index (χ0n) is 17.9. The summed E-state index contributed by atoms with van der Waals surface area (Å²) in [5, 5.41) is 11.6. The fourth-order valence-electron chi connectivity index (χ4n) is 4.49. The Hall–Kier alpha value is -3.56. The molecule has 3 aromatic heterocycles. The van der Waals surface area contributed by atoms with Gasteiger partial charge in [-0.1, -0.05) is 0 Å². The van der Waals surface area contributed by atoms with Crippen molar-refractivity contribution >= 4 is 40.0 Å². The second kappa shape index (κ2) is 8.42. The van der Waals surface area contributed by atoms with Gasteiger partial charge in [0.25, 0.3) is 0 Å². The van der Waals surface area contributed by atoms with Crippen LogP contribution in [0.5, 0.6) is 0 Å². The highest BCUT2D eigenvalue weighted by atomic mass is 32.1. The van der Waals surface area contributed by atoms with E-state index in [1.807, 2.05) is 53.2 Å². The third-order valence-electron chi connectivity index (χ3n) is 6.05. The highest BCUT2D eigenvalue weighted by molar-refractivity contribution is 7.80. The number of pyridine rings is 1. The molecule has 0 aliphatic carbocycles. The summed E-state index contributed by atoms with van der Waals surface area (Å²) < 4.78 is 7.93. The minimum Gasteiger partial charge on any atom is -0.371 e. The molecule has 4 aromatic rings. The lowest BCUT2D eigenvalue weighted by Crippen LogP contribution is -2.43. The van der Waals surface area contributed by atoms with E-state index in [4.69, 9.17) is 27.0 Å². The van der Waals surface area contributed by atoms with Gasteiger partial charge < -0.3 is 20.3 Å². The van der Waals surface area contributed by atoms with Crippen LogP contribution in [0.1, 0.15) is 12.8 Å². The minimum atomic E-state index is 0.298. The van der Waals surface area contributed by atoms with E-state index in [1.54, 1.807) is 12.4 Å². The van der Waals surface area contributed by atoms with E-state index < -0.39 is 0 Å². The van der Waals surface area contributed by atoms with E-state index in [2.05, 4.69) is 26.6 Å². The molecule has 33 heavy (non-hydrogen) atoms. The van der Waals surface area contributed by atoms with Crippen molar-refractivity contribution in [3.8, 4) is 11.4 Å². The summed E-state index contributed by atoms with van der Waals surface area (Å²) in [5.41, 5.74) is 3.74. The lowest BCUT2D eigenvalue weighted by atomic mass is 10.2. The Labute approximate surface area is 196 Å². The molecule has 2 aliphatic rings. The lowest BCUT2D eigenvalue weighted by molar-refractivity contribution is 0.0303. The Morgan fingerprint density at radius 3 is 2.36 bits per heavy atom. The van der Waals surface area contributed by atoms with Gasteiger partial charge in [0.2, 0.25) is 0 Å². The molecule has 2 N–H and O–H groups in total. The zero-order chi connectivity index (χ0) is 22.2. The maximum absolute atomic E-state index is 6.02. The third kappa shape index (κ3) is 4.12. The summed E-state index contributed by atoms with van der Waals surface area (Å²) in [6.45, 7) is 1.75. The van der Waals surface area contributed by atoms with Crippen molar-refractivity contribution in [3.05, 3.63) is 67.1 Å². The average molecular weight is 458 g/mol. The smallest absolute Gasteiger partial charge is 0.182 e. The van der Waals surface area contributed by atoms with Crippen LogP contribution in [0.4, 0.5) is 17.2 Å². The molecular weight excluding hydrogens is 434 g/mol. The molecule has 2 aliphatic heterocycles. The number of rotatable bonds is 4. The molecule has 2 saturated heterocycles. The molecule has 0 unspecified atom stereocenters. The first kappa shape index (κ1) is 20.1. The molecule has 2 atom stereocenters. The molecule has 5 heterocycles. The Balaban J connectivity index is 1.23. The number of fused-ring (bicyclic) bond motifs is 3. The van der Waals surface area contributed by atoms with Crippen LogP contribution < -0.4 is 15.5 Å².